The zero-order valence-electron chi connectivity index (χ0n) is 12.6. The highest BCUT2D eigenvalue weighted by molar-refractivity contribution is 5.78. The van der Waals surface area contributed by atoms with E-state index in [2.05, 4.69) is 15.3 Å². The van der Waals surface area contributed by atoms with E-state index in [4.69, 9.17) is 4.42 Å². The summed E-state index contributed by atoms with van der Waals surface area (Å²) in [4.78, 5) is 20.5. The number of carbonyl (C=O) groups excluding carboxylic acids is 1. The fraction of sp³-hybridized carbons (Fsp3) is 0.167. The first-order valence-corrected chi connectivity index (χ1v) is 7.48. The Balaban J connectivity index is 1.49. The molecule has 116 valence electrons. The topological polar surface area (TPSA) is 68.0 Å². The Morgan fingerprint density at radius 3 is 2.65 bits per heavy atom. The van der Waals surface area contributed by atoms with E-state index in [0.29, 0.717) is 24.6 Å². The van der Waals surface area contributed by atoms with E-state index in [-0.39, 0.29) is 12.3 Å². The molecule has 0 aliphatic carbocycles. The highest BCUT2D eigenvalue weighted by atomic mass is 16.3. The van der Waals surface area contributed by atoms with Crippen LogP contribution in [-0.2, 0) is 17.6 Å². The predicted molar refractivity (Wildman–Crippen MR) is 86.6 cm³/mol. The van der Waals surface area contributed by atoms with Crippen molar-refractivity contribution < 1.29 is 9.21 Å². The third-order valence-electron chi connectivity index (χ3n) is 3.34. The van der Waals surface area contributed by atoms with Gasteiger partial charge in [0.25, 0.3) is 0 Å². The summed E-state index contributed by atoms with van der Waals surface area (Å²) in [6, 6.07) is 15.4. The second-order valence-electron chi connectivity index (χ2n) is 5.11. The lowest BCUT2D eigenvalue weighted by molar-refractivity contribution is -0.120. The molecular weight excluding hydrogens is 290 g/mol. The molecule has 5 nitrogen and oxygen atoms in total. The van der Waals surface area contributed by atoms with Gasteiger partial charge in [-0.15, -0.1) is 0 Å². The molecule has 3 aromatic rings. The first-order valence-electron chi connectivity index (χ1n) is 7.48. The predicted octanol–water partition coefficient (Wildman–Crippen LogP) is 2.64. The van der Waals surface area contributed by atoms with Crippen LogP contribution in [0.1, 0.15) is 11.4 Å². The Hall–Kier alpha value is -2.95. The number of nitrogens with one attached hydrogen (secondary N) is 1. The second kappa shape index (κ2) is 7.35. The monoisotopic (exact) mass is 307 g/mol. The van der Waals surface area contributed by atoms with Crippen LogP contribution in [0.15, 0.2) is 65.4 Å². The Bertz CT molecular complexity index is 754. The molecule has 0 fully saturated rings. The van der Waals surface area contributed by atoms with Crippen molar-refractivity contribution in [3.63, 3.8) is 0 Å². The number of hydrogen-bond acceptors (Lipinski definition) is 4. The molecule has 0 saturated heterocycles. The van der Waals surface area contributed by atoms with Gasteiger partial charge in [-0.25, -0.2) is 4.98 Å². The largest absolute Gasteiger partial charge is 0.444 e. The number of hydrogen-bond donors (Lipinski definition) is 1. The van der Waals surface area contributed by atoms with Crippen molar-refractivity contribution in [2.45, 2.75) is 12.8 Å². The van der Waals surface area contributed by atoms with Crippen molar-refractivity contribution in [2.24, 2.45) is 0 Å². The van der Waals surface area contributed by atoms with Gasteiger partial charge >= 0.3 is 0 Å². The molecule has 0 spiro atoms. The summed E-state index contributed by atoms with van der Waals surface area (Å²) in [6.07, 6.45) is 4.19. The summed E-state index contributed by atoms with van der Waals surface area (Å²) in [6.45, 7) is 0.555. The second-order valence-corrected chi connectivity index (χ2v) is 5.11. The van der Waals surface area contributed by atoms with E-state index in [0.717, 1.165) is 11.3 Å². The summed E-state index contributed by atoms with van der Waals surface area (Å²) in [7, 11) is 0. The average molecular weight is 307 g/mol. The molecular formula is C18H17N3O2. The number of carbonyl (C=O) groups is 1. The Morgan fingerprint density at radius 1 is 1.04 bits per heavy atom. The molecule has 3 rings (SSSR count). The van der Waals surface area contributed by atoms with E-state index in [1.54, 1.807) is 6.20 Å². The number of benzene rings is 1. The lowest BCUT2D eigenvalue weighted by atomic mass is 10.2. The van der Waals surface area contributed by atoms with Gasteiger partial charge in [-0.2, -0.15) is 0 Å². The molecule has 2 aromatic heterocycles. The SMILES string of the molecule is O=C(Cc1coc(-c2ccccc2)n1)NCCc1ccccn1. The summed E-state index contributed by atoms with van der Waals surface area (Å²) < 4.78 is 5.42. The van der Waals surface area contributed by atoms with Gasteiger partial charge in [-0.3, -0.25) is 9.78 Å². The zero-order chi connectivity index (χ0) is 15.9. The van der Waals surface area contributed by atoms with Crippen LogP contribution < -0.4 is 5.32 Å². The zero-order valence-corrected chi connectivity index (χ0v) is 12.6. The maximum atomic E-state index is 11.9. The fourth-order valence-corrected chi connectivity index (χ4v) is 2.20. The van der Waals surface area contributed by atoms with Crippen LogP contribution in [0.25, 0.3) is 11.5 Å². The molecule has 0 bridgehead atoms. The molecule has 0 aliphatic rings. The minimum atomic E-state index is -0.0751. The Labute approximate surface area is 134 Å². The summed E-state index contributed by atoms with van der Waals surface area (Å²) >= 11 is 0. The van der Waals surface area contributed by atoms with Gasteiger partial charge in [0.15, 0.2) is 0 Å². The van der Waals surface area contributed by atoms with Crippen molar-refractivity contribution in [2.75, 3.05) is 6.54 Å². The summed E-state index contributed by atoms with van der Waals surface area (Å²) in [5, 5.41) is 2.87. The third-order valence-corrected chi connectivity index (χ3v) is 3.34. The van der Waals surface area contributed by atoms with Crippen LogP contribution in [-0.4, -0.2) is 22.4 Å². The molecule has 0 aliphatic heterocycles. The molecule has 0 unspecified atom stereocenters. The number of amides is 1. The van der Waals surface area contributed by atoms with E-state index in [9.17, 15) is 4.79 Å². The lowest BCUT2D eigenvalue weighted by Gasteiger charge is -2.03. The van der Waals surface area contributed by atoms with Crippen molar-refractivity contribution in [1.29, 1.82) is 0 Å². The number of rotatable bonds is 6. The summed E-state index contributed by atoms with van der Waals surface area (Å²) in [5.74, 6) is 0.454. The van der Waals surface area contributed by atoms with Crippen LogP contribution >= 0.6 is 0 Å². The van der Waals surface area contributed by atoms with Crippen LogP contribution in [0, 0.1) is 0 Å². The van der Waals surface area contributed by atoms with E-state index < -0.39 is 0 Å². The van der Waals surface area contributed by atoms with E-state index in [1.165, 1.54) is 6.26 Å². The molecule has 0 radical (unpaired) electrons. The fourth-order valence-electron chi connectivity index (χ4n) is 2.20. The minimum Gasteiger partial charge on any atom is -0.444 e. The number of nitrogens with zero attached hydrogens (tertiary/aromatic N) is 2. The maximum absolute atomic E-state index is 11.9. The first kappa shape index (κ1) is 15.0. The minimum absolute atomic E-state index is 0.0751. The van der Waals surface area contributed by atoms with Crippen molar-refractivity contribution in [3.8, 4) is 11.5 Å². The molecule has 0 saturated carbocycles. The summed E-state index contributed by atoms with van der Waals surface area (Å²) in [5.41, 5.74) is 2.48. The first-order chi connectivity index (χ1) is 11.3. The molecule has 1 amide bonds. The molecule has 0 atom stereocenters. The van der Waals surface area contributed by atoms with Gasteiger partial charge in [0.1, 0.15) is 6.26 Å². The Kier molecular flexibility index (Phi) is 4.79. The third kappa shape index (κ3) is 4.26. The van der Waals surface area contributed by atoms with Crippen molar-refractivity contribution in [3.05, 3.63) is 72.4 Å². The van der Waals surface area contributed by atoms with Crippen LogP contribution in [0.2, 0.25) is 0 Å². The number of oxazole rings is 1. The highest BCUT2D eigenvalue weighted by Crippen LogP contribution is 2.17. The molecule has 23 heavy (non-hydrogen) atoms. The quantitative estimate of drug-likeness (QED) is 0.760. The van der Waals surface area contributed by atoms with E-state index >= 15 is 0 Å². The van der Waals surface area contributed by atoms with Gasteiger partial charge in [0.2, 0.25) is 11.8 Å². The lowest BCUT2D eigenvalue weighted by Crippen LogP contribution is -2.27. The molecule has 1 N–H and O–H groups in total. The maximum Gasteiger partial charge on any atom is 0.226 e. The van der Waals surface area contributed by atoms with Crippen LogP contribution in [0.3, 0.4) is 0 Å². The molecule has 5 heteroatoms. The van der Waals surface area contributed by atoms with Crippen LogP contribution in [0.5, 0.6) is 0 Å². The molecule has 1 aromatic carbocycles. The van der Waals surface area contributed by atoms with Gasteiger partial charge in [-0.1, -0.05) is 24.3 Å². The smallest absolute Gasteiger partial charge is 0.226 e. The van der Waals surface area contributed by atoms with Gasteiger partial charge < -0.3 is 9.73 Å². The van der Waals surface area contributed by atoms with E-state index in [1.807, 2.05) is 48.5 Å². The Morgan fingerprint density at radius 2 is 1.87 bits per heavy atom. The molecule has 2 heterocycles. The normalized spacial score (nSPS) is 10.4. The van der Waals surface area contributed by atoms with Crippen LogP contribution in [0.4, 0.5) is 0 Å². The van der Waals surface area contributed by atoms with Crippen molar-refractivity contribution >= 4 is 5.91 Å². The highest BCUT2D eigenvalue weighted by Gasteiger charge is 2.10. The average Bonchev–Trinajstić information content (AvgIpc) is 3.05. The van der Waals surface area contributed by atoms with Gasteiger partial charge in [0, 0.05) is 30.4 Å². The number of pyridine rings is 1. The van der Waals surface area contributed by atoms with Gasteiger partial charge in [-0.05, 0) is 24.3 Å². The number of aromatic nitrogens is 2. The van der Waals surface area contributed by atoms with Crippen molar-refractivity contribution in [1.82, 2.24) is 15.3 Å². The van der Waals surface area contributed by atoms with Gasteiger partial charge in [0.05, 0.1) is 12.1 Å². The standard InChI is InChI=1S/C18H17N3O2/c22-17(20-11-9-15-8-4-5-10-19-15)12-16-13-23-18(21-16)14-6-2-1-3-7-14/h1-8,10,13H,9,11-12H2,(H,20,22).